The van der Waals surface area contributed by atoms with Crippen molar-refractivity contribution in [1.29, 1.82) is 0 Å². The van der Waals surface area contributed by atoms with E-state index in [1.165, 1.54) is 12.1 Å². The molecule has 3 unspecified atom stereocenters. The van der Waals surface area contributed by atoms with Crippen LogP contribution >= 0.6 is 0 Å². The van der Waals surface area contributed by atoms with Crippen molar-refractivity contribution in [3.8, 4) is 0 Å². The van der Waals surface area contributed by atoms with E-state index in [2.05, 4.69) is 0 Å². The maximum Gasteiger partial charge on any atom is 0.241 e. The lowest BCUT2D eigenvalue weighted by atomic mass is 9.77. The van der Waals surface area contributed by atoms with Crippen LogP contribution in [-0.4, -0.2) is 29.0 Å². The Kier molecular flexibility index (Phi) is 4.44. The summed E-state index contributed by atoms with van der Waals surface area (Å²) in [6.45, 7) is 1.87. The number of hydrogen-bond acceptors (Lipinski definition) is 5. The molecular weight excluding hydrogens is 456 g/mol. The standard InChI is InChI=1S/C27H17F2NO5/c1-13-6-8-14(9-7-13)22-20-21(26(34)30(25(20)33)19-11-10-15(28)12-18(19)29)27(35-22)23(31)16-4-2-3-5-17(16)24(27)32/h2-12,20-22H,1H3. The third-order valence-electron chi connectivity index (χ3n) is 7.08. The summed E-state index contributed by atoms with van der Waals surface area (Å²) < 4.78 is 34.4. The molecule has 0 aromatic heterocycles. The molecule has 0 radical (unpaired) electrons. The molecule has 3 aromatic rings. The van der Waals surface area contributed by atoms with Crippen LogP contribution in [0.25, 0.3) is 0 Å². The maximum absolute atomic E-state index is 14.7. The number of aryl methyl sites for hydroxylation is 1. The highest BCUT2D eigenvalue weighted by atomic mass is 19.1. The lowest BCUT2D eigenvalue weighted by Crippen LogP contribution is -2.51. The van der Waals surface area contributed by atoms with E-state index in [1.807, 2.05) is 6.92 Å². The van der Waals surface area contributed by atoms with Gasteiger partial charge >= 0.3 is 0 Å². The van der Waals surface area contributed by atoms with Crippen molar-refractivity contribution in [1.82, 2.24) is 0 Å². The Balaban J connectivity index is 1.55. The van der Waals surface area contributed by atoms with Gasteiger partial charge in [-0.15, -0.1) is 0 Å². The van der Waals surface area contributed by atoms with Gasteiger partial charge in [0.15, 0.2) is 0 Å². The fraction of sp³-hybridized carbons (Fsp3) is 0.185. The quantitative estimate of drug-likeness (QED) is 0.416. The van der Waals surface area contributed by atoms with Crippen LogP contribution in [0.3, 0.4) is 0 Å². The molecular formula is C27H17F2NO5. The number of amides is 2. The highest BCUT2D eigenvalue weighted by Gasteiger charge is 2.74. The lowest BCUT2D eigenvalue weighted by molar-refractivity contribution is -0.127. The van der Waals surface area contributed by atoms with Gasteiger partial charge in [0, 0.05) is 17.2 Å². The predicted molar refractivity (Wildman–Crippen MR) is 119 cm³/mol. The molecule has 0 N–H and O–H groups in total. The summed E-state index contributed by atoms with van der Waals surface area (Å²) in [7, 11) is 0. The number of hydrogen-bond donors (Lipinski definition) is 0. The van der Waals surface area contributed by atoms with Gasteiger partial charge < -0.3 is 4.74 Å². The van der Waals surface area contributed by atoms with E-state index in [0.717, 1.165) is 17.7 Å². The normalized spacial score (nSPS) is 24.4. The predicted octanol–water partition coefficient (Wildman–Crippen LogP) is 3.97. The Morgan fingerprint density at radius 2 is 1.46 bits per heavy atom. The second kappa shape index (κ2) is 7.23. The fourth-order valence-electron chi connectivity index (χ4n) is 5.47. The van der Waals surface area contributed by atoms with Crippen LogP contribution in [0.5, 0.6) is 0 Å². The summed E-state index contributed by atoms with van der Waals surface area (Å²) in [5.74, 6) is -7.90. The average Bonchev–Trinajstić information content (AvgIpc) is 3.40. The summed E-state index contributed by atoms with van der Waals surface area (Å²) in [5, 5.41) is 0. The van der Waals surface area contributed by atoms with Crippen LogP contribution in [0.15, 0.2) is 66.7 Å². The van der Waals surface area contributed by atoms with E-state index < -0.39 is 64.2 Å². The summed E-state index contributed by atoms with van der Waals surface area (Å²) in [6, 6.07) is 15.6. The molecule has 3 atom stereocenters. The number of ketones is 2. The van der Waals surface area contributed by atoms with Crippen LogP contribution in [0, 0.1) is 30.4 Å². The van der Waals surface area contributed by atoms with E-state index in [9.17, 15) is 28.0 Å². The van der Waals surface area contributed by atoms with Crippen LogP contribution in [0.4, 0.5) is 14.5 Å². The third kappa shape index (κ3) is 2.71. The molecule has 2 amide bonds. The molecule has 1 aliphatic carbocycles. The summed E-state index contributed by atoms with van der Waals surface area (Å²) in [4.78, 5) is 55.3. The minimum Gasteiger partial charge on any atom is -0.349 e. The van der Waals surface area contributed by atoms with Gasteiger partial charge in [-0.2, -0.15) is 0 Å². The number of rotatable bonds is 2. The van der Waals surface area contributed by atoms with Crippen molar-refractivity contribution in [2.24, 2.45) is 11.8 Å². The van der Waals surface area contributed by atoms with Crippen LogP contribution < -0.4 is 4.90 Å². The van der Waals surface area contributed by atoms with Gasteiger partial charge in [-0.1, -0.05) is 54.1 Å². The molecule has 2 fully saturated rings. The van der Waals surface area contributed by atoms with Crippen LogP contribution in [-0.2, 0) is 14.3 Å². The fourth-order valence-corrected chi connectivity index (χ4v) is 5.47. The van der Waals surface area contributed by atoms with Crippen LogP contribution in [0.1, 0.15) is 37.9 Å². The van der Waals surface area contributed by atoms with E-state index in [4.69, 9.17) is 4.74 Å². The smallest absolute Gasteiger partial charge is 0.241 e. The molecule has 2 heterocycles. The zero-order valence-corrected chi connectivity index (χ0v) is 18.3. The topological polar surface area (TPSA) is 80.8 Å². The minimum absolute atomic E-state index is 0.104. The van der Waals surface area contributed by atoms with Gasteiger partial charge in [-0.25, -0.2) is 13.7 Å². The average molecular weight is 473 g/mol. The number of carbonyl (C=O) groups is 4. The minimum atomic E-state index is -2.25. The first kappa shape index (κ1) is 21.5. The summed E-state index contributed by atoms with van der Waals surface area (Å²) in [5.41, 5.74) is -1.05. The molecule has 174 valence electrons. The molecule has 2 saturated heterocycles. The lowest BCUT2D eigenvalue weighted by Gasteiger charge is -2.27. The van der Waals surface area contributed by atoms with Gasteiger partial charge in [-0.3, -0.25) is 19.2 Å². The van der Waals surface area contributed by atoms with Crippen molar-refractivity contribution >= 4 is 29.1 Å². The number of halogens is 2. The van der Waals surface area contributed by atoms with E-state index >= 15 is 0 Å². The Labute approximate surface area is 198 Å². The molecule has 8 heteroatoms. The molecule has 6 rings (SSSR count). The zero-order valence-electron chi connectivity index (χ0n) is 18.3. The molecule has 6 nitrogen and oxygen atoms in total. The molecule has 3 aliphatic rings. The Morgan fingerprint density at radius 3 is 2.06 bits per heavy atom. The highest BCUT2D eigenvalue weighted by molar-refractivity contribution is 6.37. The van der Waals surface area contributed by atoms with Crippen LogP contribution in [0.2, 0.25) is 0 Å². The summed E-state index contributed by atoms with van der Waals surface area (Å²) >= 11 is 0. The van der Waals surface area contributed by atoms with Gasteiger partial charge in [0.25, 0.3) is 0 Å². The Hall–Kier alpha value is -4.04. The first-order valence-corrected chi connectivity index (χ1v) is 11.0. The number of ether oxygens (including phenoxy) is 1. The number of anilines is 1. The van der Waals surface area contributed by atoms with Gasteiger partial charge in [0.2, 0.25) is 29.0 Å². The second-order valence-electron chi connectivity index (χ2n) is 9.00. The molecule has 1 spiro atoms. The SMILES string of the molecule is Cc1ccc(C2OC3(C(=O)c4ccccc4C3=O)C3C(=O)N(c4ccc(F)cc4F)C(=O)C23)cc1. The first-order valence-electron chi connectivity index (χ1n) is 11.0. The Bertz CT molecular complexity index is 1430. The number of nitrogens with zero attached hydrogens (tertiary/aromatic N) is 1. The van der Waals surface area contributed by atoms with Crippen molar-refractivity contribution in [2.75, 3.05) is 4.90 Å². The summed E-state index contributed by atoms with van der Waals surface area (Å²) in [6.07, 6.45) is -1.10. The first-order chi connectivity index (χ1) is 16.8. The number of Topliss-reactive ketones (excluding diaryl/α,β-unsaturated/α-hetero) is 2. The number of carbonyl (C=O) groups excluding carboxylic acids is 4. The molecule has 0 bridgehead atoms. The highest BCUT2D eigenvalue weighted by Crippen LogP contribution is 2.57. The largest absolute Gasteiger partial charge is 0.349 e. The number of fused-ring (bicyclic) bond motifs is 3. The Morgan fingerprint density at radius 1 is 0.829 bits per heavy atom. The van der Waals surface area contributed by atoms with E-state index in [-0.39, 0.29) is 11.1 Å². The molecule has 0 saturated carbocycles. The van der Waals surface area contributed by atoms with Crippen molar-refractivity contribution in [3.05, 3.63) is 101 Å². The van der Waals surface area contributed by atoms with Gasteiger partial charge in [0.1, 0.15) is 11.6 Å². The number of imide groups is 1. The van der Waals surface area contributed by atoms with Crippen molar-refractivity contribution in [3.63, 3.8) is 0 Å². The molecule has 35 heavy (non-hydrogen) atoms. The van der Waals surface area contributed by atoms with Crippen molar-refractivity contribution in [2.45, 2.75) is 18.6 Å². The van der Waals surface area contributed by atoms with E-state index in [1.54, 1.807) is 36.4 Å². The zero-order chi connectivity index (χ0) is 24.6. The number of benzene rings is 3. The van der Waals surface area contributed by atoms with Gasteiger partial charge in [0.05, 0.1) is 23.6 Å². The second-order valence-corrected chi connectivity index (χ2v) is 9.00. The monoisotopic (exact) mass is 473 g/mol. The van der Waals surface area contributed by atoms with Gasteiger partial charge in [-0.05, 0) is 24.6 Å². The van der Waals surface area contributed by atoms with Crippen molar-refractivity contribution < 1.29 is 32.7 Å². The molecule has 3 aromatic carbocycles. The molecule has 2 aliphatic heterocycles. The van der Waals surface area contributed by atoms with E-state index in [0.29, 0.717) is 16.5 Å². The third-order valence-corrected chi connectivity index (χ3v) is 7.08. The maximum atomic E-state index is 14.7.